The van der Waals surface area contributed by atoms with Gasteiger partial charge in [-0.3, -0.25) is 4.79 Å². The van der Waals surface area contributed by atoms with Crippen LogP contribution in [0.4, 0.5) is 0 Å². The highest BCUT2D eigenvalue weighted by molar-refractivity contribution is 6.35. The van der Waals surface area contributed by atoms with E-state index in [0.29, 0.717) is 27.9 Å². The van der Waals surface area contributed by atoms with Crippen molar-refractivity contribution in [1.29, 1.82) is 0 Å². The number of hydrogen-bond donors (Lipinski definition) is 0. The smallest absolute Gasteiger partial charge is 0.328 e. The van der Waals surface area contributed by atoms with E-state index in [0.717, 1.165) is 25.7 Å². The Bertz CT molecular complexity index is 614. The van der Waals surface area contributed by atoms with E-state index in [9.17, 15) is 9.59 Å². The lowest BCUT2D eigenvalue weighted by molar-refractivity contribution is -0.145. The van der Waals surface area contributed by atoms with E-state index >= 15 is 0 Å². The molecule has 3 atom stereocenters. The number of carbonyl (C=O) groups is 2. The van der Waals surface area contributed by atoms with Crippen LogP contribution in [0.25, 0.3) is 0 Å². The molecule has 0 aromatic heterocycles. The van der Waals surface area contributed by atoms with Crippen LogP contribution in [-0.2, 0) is 9.53 Å². The van der Waals surface area contributed by atoms with Gasteiger partial charge in [-0.2, -0.15) is 0 Å². The maximum Gasteiger partial charge on any atom is 0.328 e. The minimum Gasteiger partial charge on any atom is -0.467 e. The Morgan fingerprint density at radius 2 is 1.78 bits per heavy atom. The molecule has 4 nitrogen and oxygen atoms in total. The molecular weight excluding hydrogens is 337 g/mol. The molecule has 6 heteroatoms. The minimum absolute atomic E-state index is 0.0955. The van der Waals surface area contributed by atoms with Gasteiger partial charge in [-0.25, -0.2) is 4.79 Å². The molecule has 1 aromatic carbocycles. The first kappa shape index (κ1) is 16.6. The highest BCUT2D eigenvalue weighted by atomic mass is 35.5. The van der Waals surface area contributed by atoms with Gasteiger partial charge in [-0.15, -0.1) is 0 Å². The average Bonchev–Trinajstić information content (AvgIpc) is 2.91. The SMILES string of the molecule is COC(=O)C1CC2CCCCC2N1C(=O)c1cc(Cl)cc(Cl)c1. The molecule has 0 bridgehead atoms. The summed E-state index contributed by atoms with van der Waals surface area (Å²) in [7, 11) is 1.36. The van der Waals surface area contributed by atoms with Crippen molar-refractivity contribution in [2.45, 2.75) is 44.2 Å². The second-order valence-corrected chi connectivity index (χ2v) is 7.13. The fraction of sp³-hybridized carbons (Fsp3) is 0.529. The highest BCUT2D eigenvalue weighted by Crippen LogP contribution is 2.41. The summed E-state index contributed by atoms with van der Waals surface area (Å²) in [5, 5.41) is 0.824. The first-order chi connectivity index (χ1) is 11.0. The van der Waals surface area contributed by atoms with Crippen LogP contribution >= 0.6 is 23.2 Å². The molecule has 2 fully saturated rings. The van der Waals surface area contributed by atoms with Crippen LogP contribution < -0.4 is 0 Å². The van der Waals surface area contributed by atoms with Gasteiger partial charge in [-0.05, 0) is 43.4 Å². The summed E-state index contributed by atoms with van der Waals surface area (Å²) < 4.78 is 4.92. The maximum atomic E-state index is 13.0. The average molecular weight is 356 g/mol. The van der Waals surface area contributed by atoms with Gasteiger partial charge in [-0.1, -0.05) is 36.0 Å². The van der Waals surface area contributed by atoms with Crippen LogP contribution in [-0.4, -0.2) is 36.0 Å². The second kappa shape index (κ2) is 6.70. The van der Waals surface area contributed by atoms with Gasteiger partial charge in [0.25, 0.3) is 5.91 Å². The van der Waals surface area contributed by atoms with Crippen molar-refractivity contribution in [2.24, 2.45) is 5.92 Å². The zero-order chi connectivity index (χ0) is 16.6. The third-order valence-electron chi connectivity index (χ3n) is 4.91. The Morgan fingerprint density at radius 3 is 2.43 bits per heavy atom. The lowest BCUT2D eigenvalue weighted by Gasteiger charge is -2.33. The molecule has 3 unspecified atom stereocenters. The largest absolute Gasteiger partial charge is 0.467 e. The summed E-state index contributed by atoms with van der Waals surface area (Å²) in [6, 6.07) is 4.36. The third-order valence-corrected chi connectivity index (χ3v) is 5.34. The quantitative estimate of drug-likeness (QED) is 0.754. The van der Waals surface area contributed by atoms with Crippen molar-refractivity contribution in [3.8, 4) is 0 Å². The number of fused-ring (bicyclic) bond motifs is 1. The number of carbonyl (C=O) groups excluding carboxylic acids is 2. The highest BCUT2D eigenvalue weighted by Gasteiger charge is 2.48. The fourth-order valence-corrected chi connectivity index (χ4v) is 4.45. The van der Waals surface area contributed by atoms with Crippen molar-refractivity contribution < 1.29 is 14.3 Å². The van der Waals surface area contributed by atoms with Gasteiger partial charge in [0.15, 0.2) is 0 Å². The number of esters is 1. The van der Waals surface area contributed by atoms with Crippen LogP contribution in [0.15, 0.2) is 18.2 Å². The molecule has 0 N–H and O–H groups in total. The van der Waals surface area contributed by atoms with Gasteiger partial charge < -0.3 is 9.64 Å². The van der Waals surface area contributed by atoms with Crippen molar-refractivity contribution in [3.05, 3.63) is 33.8 Å². The van der Waals surface area contributed by atoms with Gasteiger partial charge in [0.1, 0.15) is 6.04 Å². The number of rotatable bonds is 2. The Kier molecular flexibility index (Phi) is 4.83. The molecule has 1 amide bonds. The molecule has 124 valence electrons. The molecule has 1 saturated heterocycles. The minimum atomic E-state index is -0.515. The van der Waals surface area contributed by atoms with E-state index in [-0.39, 0.29) is 17.9 Å². The molecule has 1 aliphatic heterocycles. The van der Waals surface area contributed by atoms with Gasteiger partial charge in [0.2, 0.25) is 0 Å². The van der Waals surface area contributed by atoms with E-state index < -0.39 is 6.04 Å². The van der Waals surface area contributed by atoms with Crippen molar-refractivity contribution in [3.63, 3.8) is 0 Å². The predicted octanol–water partition coefficient (Wildman–Crippen LogP) is 3.94. The molecule has 0 radical (unpaired) electrons. The normalized spacial score (nSPS) is 26.7. The first-order valence-corrected chi connectivity index (χ1v) is 8.63. The zero-order valence-corrected chi connectivity index (χ0v) is 14.4. The summed E-state index contributed by atoms with van der Waals surface area (Å²) in [4.78, 5) is 26.9. The van der Waals surface area contributed by atoms with Crippen LogP contribution in [0.3, 0.4) is 0 Å². The van der Waals surface area contributed by atoms with Crippen LogP contribution in [0.1, 0.15) is 42.5 Å². The number of methoxy groups -OCH3 is 1. The number of hydrogen-bond acceptors (Lipinski definition) is 3. The van der Waals surface area contributed by atoms with Gasteiger partial charge >= 0.3 is 5.97 Å². The van der Waals surface area contributed by atoms with Crippen LogP contribution in [0.2, 0.25) is 10.0 Å². The Balaban J connectivity index is 1.95. The van der Waals surface area contributed by atoms with E-state index in [2.05, 4.69) is 0 Å². The monoisotopic (exact) mass is 355 g/mol. The summed E-state index contributed by atoms with van der Waals surface area (Å²) in [5.74, 6) is -0.175. The number of nitrogens with zero attached hydrogens (tertiary/aromatic N) is 1. The number of halogens is 2. The Labute approximate surface area is 145 Å². The molecular formula is C17H19Cl2NO3. The van der Waals surface area contributed by atoms with Crippen molar-refractivity contribution in [2.75, 3.05) is 7.11 Å². The molecule has 1 aromatic rings. The molecule has 3 rings (SSSR count). The number of likely N-dealkylation sites (tertiary alicyclic amines) is 1. The molecule has 0 spiro atoms. The number of benzene rings is 1. The number of ether oxygens (including phenoxy) is 1. The van der Waals surface area contributed by atoms with E-state index in [1.165, 1.54) is 7.11 Å². The molecule has 23 heavy (non-hydrogen) atoms. The lowest BCUT2D eigenvalue weighted by atomic mass is 9.84. The fourth-order valence-electron chi connectivity index (χ4n) is 3.93. The zero-order valence-electron chi connectivity index (χ0n) is 12.9. The van der Waals surface area contributed by atoms with E-state index in [4.69, 9.17) is 27.9 Å². The molecule has 2 aliphatic rings. The van der Waals surface area contributed by atoms with Crippen molar-refractivity contribution >= 4 is 35.1 Å². The topological polar surface area (TPSA) is 46.6 Å². The third kappa shape index (κ3) is 3.20. The Morgan fingerprint density at radius 1 is 1.13 bits per heavy atom. The summed E-state index contributed by atoms with van der Waals surface area (Å²) >= 11 is 12.0. The molecule has 1 heterocycles. The van der Waals surface area contributed by atoms with E-state index in [1.807, 2.05) is 0 Å². The summed E-state index contributed by atoms with van der Waals surface area (Å²) in [6.07, 6.45) is 4.89. The lowest BCUT2D eigenvalue weighted by Crippen LogP contribution is -2.46. The van der Waals surface area contributed by atoms with Crippen LogP contribution in [0, 0.1) is 5.92 Å². The first-order valence-electron chi connectivity index (χ1n) is 7.88. The molecule has 1 saturated carbocycles. The number of amides is 1. The van der Waals surface area contributed by atoms with Crippen LogP contribution in [0.5, 0.6) is 0 Å². The van der Waals surface area contributed by atoms with E-state index in [1.54, 1.807) is 23.1 Å². The molecule has 1 aliphatic carbocycles. The Hall–Kier alpha value is -1.26. The second-order valence-electron chi connectivity index (χ2n) is 6.26. The van der Waals surface area contributed by atoms with Gasteiger partial charge in [0, 0.05) is 21.7 Å². The van der Waals surface area contributed by atoms with Crippen molar-refractivity contribution in [1.82, 2.24) is 4.90 Å². The predicted molar refractivity (Wildman–Crippen MR) is 88.8 cm³/mol. The summed E-state index contributed by atoms with van der Waals surface area (Å²) in [5.41, 5.74) is 0.419. The summed E-state index contributed by atoms with van der Waals surface area (Å²) in [6.45, 7) is 0. The standard InChI is InChI=1S/C17H19Cl2NO3/c1-23-17(22)15-8-10-4-2-3-5-14(10)20(15)16(21)11-6-12(18)9-13(19)7-11/h6-7,9-10,14-15H,2-5,8H2,1H3. The van der Waals surface area contributed by atoms with Gasteiger partial charge in [0.05, 0.1) is 7.11 Å². The maximum absolute atomic E-state index is 13.0.